The maximum absolute atomic E-state index is 4.97. The van der Waals surface area contributed by atoms with E-state index in [0.717, 1.165) is 45.8 Å². The number of imidazole rings is 2. The Morgan fingerprint density at radius 2 is 0.847 bits per heavy atom. The highest BCUT2D eigenvalue weighted by Crippen LogP contribution is 2.50. The molecular weight excluding hydrogens is 717 g/mol. The van der Waals surface area contributed by atoms with Gasteiger partial charge in [-0.1, -0.05) is 153 Å². The molecule has 0 spiro atoms. The van der Waals surface area contributed by atoms with Crippen LogP contribution in [0, 0.1) is 5.92 Å². The number of pyridine rings is 2. The lowest BCUT2D eigenvalue weighted by molar-refractivity contribution is 0.753. The fraction of sp³-hybridized carbons (Fsp3) is 0.0545. The van der Waals surface area contributed by atoms with Crippen LogP contribution in [0.1, 0.15) is 19.0 Å². The first-order chi connectivity index (χ1) is 29.2. The van der Waals surface area contributed by atoms with Crippen LogP contribution in [0.3, 0.4) is 0 Å². The molecule has 1 atom stereocenters. The fourth-order valence-corrected chi connectivity index (χ4v) is 9.81. The van der Waals surface area contributed by atoms with Crippen molar-refractivity contribution in [2.75, 3.05) is 0 Å². The van der Waals surface area contributed by atoms with Gasteiger partial charge in [0, 0.05) is 18.0 Å². The van der Waals surface area contributed by atoms with Gasteiger partial charge in [-0.15, -0.1) is 0 Å². The normalized spacial score (nSPS) is 14.3. The molecule has 4 heterocycles. The van der Waals surface area contributed by atoms with Crippen LogP contribution in [-0.2, 0) is 0 Å². The molecular formula is C55H38N4. The summed E-state index contributed by atoms with van der Waals surface area (Å²) in [6, 6.07) is 55.3. The van der Waals surface area contributed by atoms with E-state index in [-0.39, 0.29) is 0 Å². The molecule has 1 unspecified atom stereocenters. The number of hydrogen-bond acceptors (Lipinski definition) is 2. The first-order valence-corrected chi connectivity index (χ1v) is 20.5. The van der Waals surface area contributed by atoms with Gasteiger partial charge in [0.1, 0.15) is 11.3 Å². The molecule has 11 aromatic rings. The van der Waals surface area contributed by atoms with Crippen LogP contribution in [0.25, 0.3) is 105 Å². The van der Waals surface area contributed by atoms with Gasteiger partial charge in [-0.25, -0.2) is 9.97 Å². The van der Waals surface area contributed by atoms with Crippen LogP contribution in [0.5, 0.6) is 0 Å². The Labute approximate surface area is 341 Å². The third kappa shape index (κ3) is 5.16. The molecule has 4 nitrogen and oxygen atoms in total. The maximum Gasteiger partial charge on any atom is 0.137 e. The van der Waals surface area contributed by atoms with Crippen molar-refractivity contribution in [1.82, 2.24) is 18.8 Å². The summed E-state index contributed by atoms with van der Waals surface area (Å²) in [6.45, 7) is 2.30. The van der Waals surface area contributed by atoms with Gasteiger partial charge in [-0.05, 0) is 119 Å². The number of hydrogen-bond donors (Lipinski definition) is 0. The van der Waals surface area contributed by atoms with Gasteiger partial charge in [-0.3, -0.25) is 8.80 Å². The van der Waals surface area contributed by atoms with Crippen molar-refractivity contribution in [2.24, 2.45) is 5.92 Å². The highest BCUT2D eigenvalue weighted by atomic mass is 15.0. The van der Waals surface area contributed by atoms with Crippen LogP contribution in [0.15, 0.2) is 195 Å². The highest BCUT2D eigenvalue weighted by Gasteiger charge is 2.23. The SMILES string of the molecule is CC1CC=CC=C1c1cnc2cc(-c3c4ccccc4c(-c4c5ccccc5c(-c5ccn6c(-c7ccccc7)cnc6c5)c5ccccc45)c4ccccc34)ccn12. The van der Waals surface area contributed by atoms with Crippen LogP contribution >= 0.6 is 0 Å². The van der Waals surface area contributed by atoms with E-state index < -0.39 is 0 Å². The zero-order valence-corrected chi connectivity index (χ0v) is 32.5. The lowest BCUT2D eigenvalue weighted by Crippen LogP contribution is -2.03. The molecule has 59 heavy (non-hydrogen) atoms. The van der Waals surface area contributed by atoms with Gasteiger partial charge < -0.3 is 0 Å². The minimum absolute atomic E-state index is 0.453. The lowest BCUT2D eigenvalue weighted by Gasteiger charge is -2.22. The first kappa shape index (κ1) is 33.6. The largest absolute Gasteiger partial charge is 0.300 e. The fourth-order valence-electron chi connectivity index (χ4n) is 9.81. The van der Waals surface area contributed by atoms with E-state index in [9.17, 15) is 0 Å². The molecule has 0 fully saturated rings. The van der Waals surface area contributed by atoms with Gasteiger partial charge in [0.05, 0.1) is 23.8 Å². The van der Waals surface area contributed by atoms with Gasteiger partial charge in [0.15, 0.2) is 0 Å². The number of rotatable bonds is 5. The summed E-state index contributed by atoms with van der Waals surface area (Å²) in [7, 11) is 0. The Morgan fingerprint density at radius 3 is 1.31 bits per heavy atom. The van der Waals surface area contributed by atoms with Gasteiger partial charge in [0.2, 0.25) is 0 Å². The van der Waals surface area contributed by atoms with E-state index >= 15 is 0 Å². The Balaban J connectivity index is 1.10. The smallest absolute Gasteiger partial charge is 0.137 e. The average Bonchev–Trinajstić information content (AvgIpc) is 3.92. The summed E-state index contributed by atoms with van der Waals surface area (Å²) >= 11 is 0. The molecule has 0 amide bonds. The quantitative estimate of drug-likeness (QED) is 0.164. The van der Waals surface area contributed by atoms with Crippen molar-refractivity contribution in [1.29, 1.82) is 0 Å². The molecule has 0 aliphatic heterocycles. The van der Waals surface area contributed by atoms with Crippen LogP contribution in [-0.4, -0.2) is 18.8 Å². The summed E-state index contributed by atoms with van der Waals surface area (Å²) < 4.78 is 4.43. The van der Waals surface area contributed by atoms with E-state index in [4.69, 9.17) is 9.97 Å². The third-order valence-electron chi connectivity index (χ3n) is 12.5. The third-order valence-corrected chi connectivity index (χ3v) is 12.5. The molecule has 1 aliphatic rings. The summed E-state index contributed by atoms with van der Waals surface area (Å²) in [5.41, 5.74) is 13.9. The molecule has 0 radical (unpaired) electrons. The molecule has 7 aromatic carbocycles. The Kier molecular flexibility index (Phi) is 7.54. The Hall–Kier alpha value is -7.56. The standard InChI is InChI=1S/C55H38N4/c1-35-15-5-6-18-39(35)49-34-57-51-32-38(28-30-59(49)51)53-42-21-9-13-25-46(42)55(47-26-14-10-22-43(47)53)54-44-23-11-7-19-40(44)52(41-20-8-12-24-45(41)54)37-27-29-58-48(33-56-50(58)31-37)36-16-3-2-4-17-36/h2-14,16-35H,15H2,1H3. The average molecular weight is 755 g/mol. The van der Waals surface area contributed by atoms with Crippen molar-refractivity contribution in [2.45, 2.75) is 13.3 Å². The van der Waals surface area contributed by atoms with Crippen LogP contribution in [0.2, 0.25) is 0 Å². The van der Waals surface area contributed by atoms with Gasteiger partial charge in [0.25, 0.3) is 0 Å². The lowest BCUT2D eigenvalue weighted by atomic mass is 9.81. The van der Waals surface area contributed by atoms with E-state index in [1.54, 1.807) is 0 Å². The zero-order chi connectivity index (χ0) is 39.0. The van der Waals surface area contributed by atoms with E-state index in [0.29, 0.717) is 5.92 Å². The topological polar surface area (TPSA) is 34.6 Å². The molecule has 0 N–H and O–H groups in total. The summed E-state index contributed by atoms with van der Waals surface area (Å²) in [6.07, 6.45) is 16.1. The minimum Gasteiger partial charge on any atom is -0.300 e. The Morgan fingerprint density at radius 1 is 0.441 bits per heavy atom. The number of aromatic nitrogens is 4. The summed E-state index contributed by atoms with van der Waals surface area (Å²) in [5.74, 6) is 0.453. The second-order valence-corrected chi connectivity index (χ2v) is 15.8. The van der Waals surface area contributed by atoms with Crippen molar-refractivity contribution in [3.05, 3.63) is 200 Å². The second-order valence-electron chi connectivity index (χ2n) is 15.8. The van der Waals surface area contributed by atoms with Crippen molar-refractivity contribution >= 4 is 60.0 Å². The van der Waals surface area contributed by atoms with E-state index in [1.807, 2.05) is 12.4 Å². The first-order valence-electron chi connectivity index (χ1n) is 20.5. The van der Waals surface area contributed by atoms with Gasteiger partial charge >= 0.3 is 0 Å². The number of fused-ring (bicyclic) bond motifs is 6. The number of benzene rings is 7. The summed E-state index contributed by atoms with van der Waals surface area (Å²) in [4.78, 5) is 9.87. The molecule has 4 heteroatoms. The predicted octanol–water partition coefficient (Wildman–Crippen LogP) is 14.2. The minimum atomic E-state index is 0.453. The molecule has 0 saturated heterocycles. The zero-order valence-electron chi connectivity index (χ0n) is 32.5. The van der Waals surface area contributed by atoms with Crippen molar-refractivity contribution < 1.29 is 0 Å². The van der Waals surface area contributed by atoms with Crippen molar-refractivity contribution in [3.63, 3.8) is 0 Å². The molecule has 12 rings (SSSR count). The monoisotopic (exact) mass is 754 g/mol. The number of nitrogens with zero attached hydrogens (tertiary/aromatic N) is 4. The molecule has 4 aromatic heterocycles. The molecule has 1 aliphatic carbocycles. The van der Waals surface area contributed by atoms with Crippen molar-refractivity contribution in [3.8, 4) is 44.6 Å². The molecule has 0 saturated carbocycles. The highest BCUT2D eigenvalue weighted by molar-refractivity contribution is 6.30. The van der Waals surface area contributed by atoms with E-state index in [2.05, 4.69) is 198 Å². The molecule has 278 valence electrons. The van der Waals surface area contributed by atoms with Crippen LogP contribution < -0.4 is 0 Å². The maximum atomic E-state index is 4.97. The predicted molar refractivity (Wildman–Crippen MR) is 247 cm³/mol. The van der Waals surface area contributed by atoms with Gasteiger partial charge in [-0.2, -0.15) is 0 Å². The second kappa shape index (κ2) is 13.3. The Bertz CT molecular complexity index is 3430. The number of allylic oxidation sites excluding steroid dienone is 4. The summed E-state index contributed by atoms with van der Waals surface area (Å²) in [5, 5.41) is 9.80. The molecule has 0 bridgehead atoms. The van der Waals surface area contributed by atoms with E-state index in [1.165, 1.54) is 70.9 Å². The van der Waals surface area contributed by atoms with Crippen LogP contribution in [0.4, 0.5) is 0 Å².